The van der Waals surface area contributed by atoms with Gasteiger partial charge in [0.2, 0.25) is 0 Å². The zero-order chi connectivity index (χ0) is 19.4. The second kappa shape index (κ2) is 8.30. The Morgan fingerprint density at radius 1 is 0.786 bits per heavy atom. The average Bonchev–Trinajstić information content (AvgIpc) is 2.97. The maximum atomic E-state index is 3.81. The Hall–Kier alpha value is -2.42. The first-order valence-electron chi connectivity index (χ1n) is 10.3. The van der Waals surface area contributed by atoms with Crippen LogP contribution in [-0.4, -0.2) is 11.1 Å². The van der Waals surface area contributed by atoms with E-state index < -0.39 is 0 Å². The van der Waals surface area contributed by atoms with E-state index in [0.29, 0.717) is 12.1 Å². The Morgan fingerprint density at radius 2 is 1.32 bits per heavy atom. The molecule has 0 aromatic heterocycles. The van der Waals surface area contributed by atoms with E-state index in [2.05, 4.69) is 115 Å². The van der Waals surface area contributed by atoms with Gasteiger partial charge in [0.1, 0.15) is 0 Å². The van der Waals surface area contributed by atoms with Gasteiger partial charge in [0.05, 0.1) is 6.04 Å². The summed E-state index contributed by atoms with van der Waals surface area (Å²) in [6, 6.07) is 33.4. The molecule has 4 rings (SSSR count). The molecule has 3 aromatic carbocycles. The van der Waals surface area contributed by atoms with Crippen LogP contribution in [0.5, 0.6) is 0 Å². The third kappa shape index (κ3) is 4.19. The molecular weight excluding hydrogens is 340 g/mol. The van der Waals surface area contributed by atoms with Crippen molar-refractivity contribution in [3.8, 4) is 0 Å². The summed E-state index contributed by atoms with van der Waals surface area (Å²) in [5.41, 5.74) is 8.12. The van der Waals surface area contributed by atoms with Gasteiger partial charge in [-0.15, -0.1) is 0 Å². The molecule has 0 amide bonds. The maximum Gasteiger partial charge on any atom is 0.0547 e. The van der Waals surface area contributed by atoms with Crippen LogP contribution in [0.2, 0.25) is 0 Å². The zero-order valence-corrected chi connectivity index (χ0v) is 16.9. The van der Waals surface area contributed by atoms with E-state index >= 15 is 0 Å². The highest BCUT2D eigenvalue weighted by Gasteiger charge is 2.46. The van der Waals surface area contributed by atoms with E-state index in [9.17, 15) is 0 Å². The molecule has 2 nitrogen and oxygen atoms in total. The van der Waals surface area contributed by atoms with Gasteiger partial charge in [-0.1, -0.05) is 105 Å². The van der Waals surface area contributed by atoms with Gasteiger partial charge in [0, 0.05) is 12.6 Å². The smallest absolute Gasteiger partial charge is 0.0547 e. The van der Waals surface area contributed by atoms with Gasteiger partial charge in [0.25, 0.3) is 0 Å². The second-order valence-electron chi connectivity index (χ2n) is 8.58. The van der Waals surface area contributed by atoms with Crippen molar-refractivity contribution in [1.29, 1.82) is 0 Å². The highest BCUT2D eigenvalue weighted by molar-refractivity contribution is 5.25. The summed E-state index contributed by atoms with van der Waals surface area (Å²) in [5, 5.41) is 2.54. The molecule has 0 unspecified atom stereocenters. The van der Waals surface area contributed by atoms with Crippen LogP contribution in [0.3, 0.4) is 0 Å². The van der Waals surface area contributed by atoms with E-state index in [1.807, 2.05) is 0 Å². The van der Waals surface area contributed by atoms with Crippen LogP contribution in [0.15, 0.2) is 91.0 Å². The quantitative estimate of drug-likeness (QED) is 0.592. The minimum absolute atomic E-state index is 0.199. The molecule has 0 bridgehead atoms. The molecule has 1 aliphatic heterocycles. The summed E-state index contributed by atoms with van der Waals surface area (Å²) in [5.74, 6) is 0. The van der Waals surface area contributed by atoms with Crippen molar-refractivity contribution < 1.29 is 0 Å². The molecule has 0 radical (unpaired) electrons. The Balaban J connectivity index is 1.62. The van der Waals surface area contributed by atoms with Crippen molar-refractivity contribution >= 4 is 0 Å². The first-order chi connectivity index (χ1) is 13.6. The van der Waals surface area contributed by atoms with Crippen LogP contribution in [0.1, 0.15) is 43.0 Å². The SMILES string of the molecule is CC1(C)C[C@H](Cc2ccccc2)N(NCc2ccccc2)[C@@H]1c1ccccc1. The molecule has 3 aromatic rings. The van der Waals surface area contributed by atoms with E-state index in [1.54, 1.807) is 0 Å². The lowest BCUT2D eigenvalue weighted by atomic mass is 9.80. The summed E-state index contributed by atoms with van der Waals surface area (Å²) in [4.78, 5) is 0. The number of nitrogens with zero attached hydrogens (tertiary/aromatic N) is 1. The first kappa shape index (κ1) is 18.9. The molecule has 0 saturated carbocycles. The lowest BCUT2D eigenvalue weighted by Crippen LogP contribution is -2.44. The maximum absolute atomic E-state index is 3.81. The number of hydrogen-bond acceptors (Lipinski definition) is 2. The fraction of sp³-hybridized carbons (Fsp3) is 0.308. The summed E-state index contributed by atoms with van der Waals surface area (Å²) < 4.78 is 0. The highest BCUT2D eigenvalue weighted by Crippen LogP contribution is 2.49. The minimum Gasteiger partial charge on any atom is -0.250 e. The Bertz CT molecular complexity index is 859. The van der Waals surface area contributed by atoms with Gasteiger partial charge in [-0.2, -0.15) is 0 Å². The fourth-order valence-corrected chi connectivity index (χ4v) is 4.71. The Labute approximate surface area is 169 Å². The van der Waals surface area contributed by atoms with E-state index in [1.165, 1.54) is 23.1 Å². The molecule has 1 fully saturated rings. The molecule has 144 valence electrons. The molecule has 2 heteroatoms. The summed E-state index contributed by atoms with van der Waals surface area (Å²) in [7, 11) is 0. The van der Waals surface area contributed by atoms with Crippen molar-refractivity contribution in [2.45, 2.75) is 45.3 Å². The van der Waals surface area contributed by atoms with Gasteiger partial charge in [0.15, 0.2) is 0 Å². The molecule has 1 N–H and O–H groups in total. The van der Waals surface area contributed by atoms with Gasteiger partial charge < -0.3 is 0 Å². The van der Waals surface area contributed by atoms with Crippen molar-refractivity contribution in [3.05, 3.63) is 108 Å². The van der Waals surface area contributed by atoms with Gasteiger partial charge >= 0.3 is 0 Å². The zero-order valence-electron chi connectivity index (χ0n) is 16.9. The molecule has 1 aliphatic rings. The number of nitrogens with one attached hydrogen (secondary N) is 1. The Kier molecular flexibility index (Phi) is 5.61. The van der Waals surface area contributed by atoms with Crippen LogP contribution >= 0.6 is 0 Å². The summed E-state index contributed by atoms with van der Waals surface area (Å²) in [6.45, 7) is 5.67. The molecule has 0 aliphatic carbocycles. The van der Waals surface area contributed by atoms with Crippen LogP contribution in [-0.2, 0) is 13.0 Å². The van der Waals surface area contributed by atoms with Crippen molar-refractivity contribution in [2.24, 2.45) is 5.41 Å². The molecule has 28 heavy (non-hydrogen) atoms. The van der Waals surface area contributed by atoms with Crippen molar-refractivity contribution in [2.75, 3.05) is 0 Å². The summed E-state index contributed by atoms with van der Waals surface area (Å²) >= 11 is 0. The predicted molar refractivity (Wildman–Crippen MR) is 117 cm³/mol. The van der Waals surface area contributed by atoms with Gasteiger partial charge in [-0.05, 0) is 34.9 Å². The highest BCUT2D eigenvalue weighted by atomic mass is 15.5. The fourth-order valence-electron chi connectivity index (χ4n) is 4.71. The van der Waals surface area contributed by atoms with E-state index in [4.69, 9.17) is 0 Å². The predicted octanol–water partition coefficient (Wildman–Crippen LogP) is 5.78. The normalized spacial score (nSPS) is 21.6. The molecule has 1 heterocycles. The van der Waals surface area contributed by atoms with Crippen molar-refractivity contribution in [1.82, 2.24) is 10.4 Å². The average molecular weight is 371 g/mol. The first-order valence-corrected chi connectivity index (χ1v) is 10.3. The minimum atomic E-state index is 0.199. The number of rotatable bonds is 6. The van der Waals surface area contributed by atoms with E-state index in [-0.39, 0.29) is 5.41 Å². The number of benzene rings is 3. The van der Waals surface area contributed by atoms with Crippen LogP contribution in [0, 0.1) is 5.41 Å². The third-order valence-corrected chi connectivity index (χ3v) is 5.91. The van der Waals surface area contributed by atoms with Gasteiger partial charge in [-0.3, -0.25) is 0 Å². The topological polar surface area (TPSA) is 15.3 Å². The van der Waals surface area contributed by atoms with Crippen LogP contribution < -0.4 is 5.43 Å². The summed E-state index contributed by atoms with van der Waals surface area (Å²) in [6.07, 6.45) is 2.23. The van der Waals surface area contributed by atoms with E-state index in [0.717, 1.165) is 13.0 Å². The van der Waals surface area contributed by atoms with Gasteiger partial charge in [-0.25, -0.2) is 10.4 Å². The molecule has 0 spiro atoms. The Morgan fingerprint density at radius 3 is 1.93 bits per heavy atom. The molecule has 2 atom stereocenters. The second-order valence-corrected chi connectivity index (χ2v) is 8.58. The monoisotopic (exact) mass is 370 g/mol. The lowest BCUT2D eigenvalue weighted by Gasteiger charge is -2.35. The molecule has 1 saturated heterocycles. The number of hydrogen-bond donors (Lipinski definition) is 1. The largest absolute Gasteiger partial charge is 0.250 e. The number of hydrazine groups is 1. The van der Waals surface area contributed by atoms with Crippen LogP contribution in [0.4, 0.5) is 0 Å². The molecular formula is C26H30N2. The lowest BCUT2D eigenvalue weighted by molar-refractivity contribution is 0.0873. The third-order valence-electron chi connectivity index (χ3n) is 5.91. The standard InChI is InChI=1S/C26H30N2/c1-26(2)19-24(18-21-12-6-3-7-13-21)28(25(26)23-16-10-5-11-17-23)27-20-22-14-8-4-9-15-22/h3-17,24-25,27H,18-20H2,1-2H3/t24-,25+/m0/s1. The van der Waals surface area contributed by atoms with Crippen LogP contribution in [0.25, 0.3) is 0 Å². The van der Waals surface area contributed by atoms with Crippen molar-refractivity contribution in [3.63, 3.8) is 0 Å².